The Morgan fingerprint density at radius 1 is 1.26 bits per heavy atom. The summed E-state index contributed by atoms with van der Waals surface area (Å²) in [7, 11) is 0. The Hall–Kier alpha value is -2.40. The van der Waals surface area contributed by atoms with Crippen molar-refractivity contribution in [2.45, 2.75) is 64.5 Å². The molecule has 2 aliphatic rings. The normalized spacial score (nSPS) is 23.4. The van der Waals surface area contributed by atoms with Gasteiger partial charge in [0, 0.05) is 32.2 Å². The minimum absolute atomic E-state index is 0.116. The maximum absolute atomic E-state index is 13.0. The van der Waals surface area contributed by atoms with Gasteiger partial charge in [-0.3, -0.25) is 15.0 Å². The number of halogens is 2. The number of carbonyl (C=O) groups is 1. The summed E-state index contributed by atoms with van der Waals surface area (Å²) in [4.78, 5) is 20.2. The molecular formula is C25H31F2N5O2S. The van der Waals surface area contributed by atoms with Crippen LogP contribution in [0.2, 0.25) is 0 Å². The van der Waals surface area contributed by atoms with Gasteiger partial charge in [0.1, 0.15) is 0 Å². The molecule has 0 aliphatic carbocycles. The number of nitrogens with one attached hydrogen (secondary N) is 2. The first-order valence-electron chi connectivity index (χ1n) is 12.2. The molecule has 5 rings (SSSR count). The summed E-state index contributed by atoms with van der Waals surface area (Å²) in [5, 5.41) is 6.38. The summed E-state index contributed by atoms with van der Waals surface area (Å²) in [6.07, 6.45) is -0.0160. The molecule has 1 aromatic carbocycles. The summed E-state index contributed by atoms with van der Waals surface area (Å²) < 4.78 is 33.9. The molecule has 10 heteroatoms. The van der Waals surface area contributed by atoms with Crippen LogP contribution in [0.1, 0.15) is 53.2 Å². The second-order valence-electron chi connectivity index (χ2n) is 9.57. The number of ether oxygens (including phenoxy) is 1. The van der Waals surface area contributed by atoms with Crippen LogP contribution in [-0.4, -0.2) is 58.2 Å². The molecule has 2 aliphatic heterocycles. The topological polar surface area (TPSA) is 71.4 Å². The third kappa shape index (κ3) is 5.55. The number of alkyl halides is 2. The summed E-state index contributed by atoms with van der Waals surface area (Å²) in [5.41, 5.74) is 2.91. The average Bonchev–Trinajstić information content (AvgIpc) is 3.54. The number of nitrogens with zero attached hydrogens (tertiary/aromatic N) is 3. The van der Waals surface area contributed by atoms with Crippen LogP contribution < -0.4 is 10.6 Å². The van der Waals surface area contributed by atoms with Crippen molar-refractivity contribution in [3.8, 4) is 0 Å². The molecule has 0 radical (unpaired) electrons. The zero-order chi connectivity index (χ0) is 24.5. The second-order valence-corrected chi connectivity index (χ2v) is 10.7. The summed E-state index contributed by atoms with van der Waals surface area (Å²) in [5.74, 6) is 0.0193. The number of amides is 1. The fraction of sp³-hybridized carbons (Fsp3) is 0.520. The minimum Gasteiger partial charge on any atom is -0.373 e. The van der Waals surface area contributed by atoms with Crippen molar-refractivity contribution >= 4 is 34.2 Å². The standard InChI is InChI=1S/C25H31F2N5O2S/c1-15-11-31(12-16(2)34-15)13-17-5-6-20-19(10-17)29-25(32(20)14-18-4-3-9-28-18)30-24(33)22-8-7-21(35-22)23(26)27/h5-8,10,15-16,18,23,28H,3-4,9,11-14H2,1-2H3,(H,29,30,33). The first kappa shape index (κ1) is 24.3. The van der Waals surface area contributed by atoms with Crippen LogP contribution in [0.5, 0.6) is 0 Å². The second kappa shape index (κ2) is 10.3. The fourth-order valence-corrected chi connectivity index (χ4v) is 5.87. The van der Waals surface area contributed by atoms with E-state index in [-0.39, 0.29) is 22.0 Å². The van der Waals surface area contributed by atoms with Crippen molar-refractivity contribution in [2.75, 3.05) is 25.0 Å². The van der Waals surface area contributed by atoms with E-state index in [1.165, 1.54) is 12.1 Å². The highest BCUT2D eigenvalue weighted by atomic mass is 32.1. The molecule has 3 atom stereocenters. The van der Waals surface area contributed by atoms with Crippen molar-refractivity contribution in [2.24, 2.45) is 0 Å². The number of hydrogen-bond donors (Lipinski definition) is 2. The van der Waals surface area contributed by atoms with Gasteiger partial charge >= 0.3 is 0 Å². The van der Waals surface area contributed by atoms with Crippen LogP contribution in [0.15, 0.2) is 30.3 Å². The molecule has 35 heavy (non-hydrogen) atoms. The Kier molecular flexibility index (Phi) is 7.15. The number of morpholine rings is 1. The van der Waals surface area contributed by atoms with E-state index in [0.717, 1.165) is 67.0 Å². The number of imidazole rings is 1. The highest BCUT2D eigenvalue weighted by Crippen LogP contribution is 2.29. The number of thiophene rings is 1. The van der Waals surface area contributed by atoms with Crippen molar-refractivity contribution < 1.29 is 18.3 Å². The van der Waals surface area contributed by atoms with Crippen molar-refractivity contribution in [3.63, 3.8) is 0 Å². The molecule has 188 valence electrons. The molecule has 7 nitrogen and oxygen atoms in total. The van der Waals surface area contributed by atoms with E-state index in [0.29, 0.717) is 18.5 Å². The third-order valence-electron chi connectivity index (χ3n) is 6.57. The molecule has 3 unspecified atom stereocenters. The smallest absolute Gasteiger partial charge is 0.272 e. The maximum Gasteiger partial charge on any atom is 0.272 e. The van der Waals surface area contributed by atoms with Crippen LogP contribution in [0.25, 0.3) is 11.0 Å². The van der Waals surface area contributed by atoms with Crippen LogP contribution in [0, 0.1) is 0 Å². The number of carbonyl (C=O) groups excluding carboxylic acids is 1. The van der Waals surface area contributed by atoms with E-state index < -0.39 is 12.3 Å². The lowest BCUT2D eigenvalue weighted by Crippen LogP contribution is -2.44. The van der Waals surface area contributed by atoms with Gasteiger partial charge in [0.25, 0.3) is 12.3 Å². The van der Waals surface area contributed by atoms with Gasteiger partial charge < -0.3 is 14.6 Å². The molecule has 0 spiro atoms. The quantitative estimate of drug-likeness (QED) is 0.491. The van der Waals surface area contributed by atoms with E-state index in [1.54, 1.807) is 0 Å². The first-order chi connectivity index (χ1) is 16.9. The predicted octanol–water partition coefficient (Wildman–Crippen LogP) is 4.65. The average molecular weight is 504 g/mol. The Bertz CT molecular complexity index is 1180. The largest absolute Gasteiger partial charge is 0.373 e. The zero-order valence-corrected chi connectivity index (χ0v) is 20.8. The maximum atomic E-state index is 13.0. The molecular weight excluding hydrogens is 472 g/mol. The molecule has 2 fully saturated rings. The minimum atomic E-state index is -2.59. The predicted molar refractivity (Wildman–Crippen MR) is 133 cm³/mol. The van der Waals surface area contributed by atoms with Gasteiger partial charge in [-0.1, -0.05) is 6.07 Å². The van der Waals surface area contributed by atoms with E-state index in [9.17, 15) is 13.6 Å². The molecule has 1 amide bonds. The van der Waals surface area contributed by atoms with Crippen LogP contribution >= 0.6 is 11.3 Å². The molecule has 4 heterocycles. The first-order valence-corrected chi connectivity index (χ1v) is 13.0. The lowest BCUT2D eigenvalue weighted by Gasteiger charge is -2.35. The molecule has 0 bridgehead atoms. The molecule has 2 N–H and O–H groups in total. The number of anilines is 1. The third-order valence-corrected chi connectivity index (χ3v) is 7.66. The molecule has 0 saturated carbocycles. The molecule has 2 saturated heterocycles. The lowest BCUT2D eigenvalue weighted by atomic mass is 10.1. The lowest BCUT2D eigenvalue weighted by molar-refractivity contribution is -0.0704. The number of rotatable bonds is 7. The van der Waals surface area contributed by atoms with Gasteiger partial charge in [0.05, 0.1) is 33.0 Å². The summed E-state index contributed by atoms with van der Waals surface area (Å²) in [6.45, 7) is 8.41. The van der Waals surface area contributed by atoms with E-state index >= 15 is 0 Å². The summed E-state index contributed by atoms with van der Waals surface area (Å²) >= 11 is 0.809. The van der Waals surface area contributed by atoms with Crippen molar-refractivity contribution in [1.29, 1.82) is 0 Å². The van der Waals surface area contributed by atoms with Gasteiger partial charge in [-0.05, 0) is 63.1 Å². The monoisotopic (exact) mass is 503 g/mol. The number of benzene rings is 1. The number of fused-ring (bicyclic) bond motifs is 1. The van der Waals surface area contributed by atoms with E-state index in [1.807, 2.05) is 4.57 Å². The van der Waals surface area contributed by atoms with Gasteiger partial charge in [-0.25, -0.2) is 13.8 Å². The zero-order valence-electron chi connectivity index (χ0n) is 20.0. The highest BCUT2D eigenvalue weighted by molar-refractivity contribution is 7.14. The van der Waals surface area contributed by atoms with E-state index in [2.05, 4.69) is 47.6 Å². The summed E-state index contributed by atoms with van der Waals surface area (Å²) in [6, 6.07) is 9.30. The van der Waals surface area contributed by atoms with Gasteiger partial charge in [0.2, 0.25) is 5.95 Å². The van der Waals surface area contributed by atoms with Crippen LogP contribution in [0.3, 0.4) is 0 Å². The van der Waals surface area contributed by atoms with Crippen molar-refractivity contribution in [1.82, 2.24) is 19.8 Å². The SMILES string of the molecule is CC1CN(Cc2ccc3c(c2)nc(NC(=O)c2ccc(C(F)F)s2)n3CC2CCCN2)CC(C)O1. The van der Waals surface area contributed by atoms with Crippen molar-refractivity contribution in [3.05, 3.63) is 45.6 Å². The van der Waals surface area contributed by atoms with Crippen LogP contribution in [0.4, 0.5) is 14.7 Å². The van der Waals surface area contributed by atoms with Gasteiger partial charge in [-0.15, -0.1) is 11.3 Å². The van der Waals surface area contributed by atoms with Gasteiger partial charge in [-0.2, -0.15) is 0 Å². The number of aromatic nitrogens is 2. The Morgan fingerprint density at radius 3 is 2.74 bits per heavy atom. The Morgan fingerprint density at radius 2 is 2.06 bits per heavy atom. The van der Waals surface area contributed by atoms with Gasteiger partial charge in [0.15, 0.2) is 0 Å². The fourth-order valence-electron chi connectivity index (χ4n) is 5.11. The molecule has 3 aromatic rings. The van der Waals surface area contributed by atoms with Crippen LogP contribution in [-0.2, 0) is 17.8 Å². The Balaban J connectivity index is 1.41. The Labute approximate surface area is 207 Å². The number of hydrogen-bond acceptors (Lipinski definition) is 6. The highest BCUT2D eigenvalue weighted by Gasteiger charge is 2.24. The molecule has 2 aromatic heterocycles. The van der Waals surface area contributed by atoms with E-state index in [4.69, 9.17) is 9.72 Å².